The first-order valence-electron chi connectivity index (χ1n) is 11.7. The molecule has 0 bridgehead atoms. The molecule has 4 N–H and O–H groups in total. The summed E-state index contributed by atoms with van der Waals surface area (Å²) in [5.74, 6) is 0.739. The number of nitrogens with one attached hydrogen (secondary N) is 2. The fourth-order valence-corrected chi connectivity index (χ4v) is 4.72. The molecule has 34 heavy (non-hydrogen) atoms. The molecule has 0 aliphatic carbocycles. The number of fused-ring (bicyclic) bond motifs is 1. The Balaban J connectivity index is 1.27. The van der Waals surface area contributed by atoms with Gasteiger partial charge in [0.1, 0.15) is 5.75 Å². The van der Waals surface area contributed by atoms with Crippen LogP contribution in [0.25, 0.3) is 0 Å². The molecule has 7 nitrogen and oxygen atoms in total. The average molecular weight is 456 g/mol. The molecule has 174 valence electrons. The number of benzene rings is 2. The number of ether oxygens (including phenoxy) is 1. The van der Waals surface area contributed by atoms with E-state index in [-0.39, 0.29) is 11.9 Å². The van der Waals surface area contributed by atoms with Gasteiger partial charge in [-0.25, -0.2) is 0 Å². The standard InChI is InChI=1S/C27H29N5O2/c28-24-8-6-20(15-23(24)26(29)19-7-9-25-18(14-19)10-13-34-25)27(33)31-22-5-3-12-32(17-22)16-21-4-1-2-11-30-21/h1-2,4,6-9,11,14-15,22,29H,3,5,10,12-13,16-17,28H2,(H,31,33)/t22-/m1/s1. The van der Waals surface area contributed by atoms with Gasteiger partial charge < -0.3 is 15.8 Å². The van der Waals surface area contributed by atoms with E-state index in [1.54, 1.807) is 18.2 Å². The van der Waals surface area contributed by atoms with Crippen molar-refractivity contribution in [3.05, 3.63) is 88.7 Å². The Labute approximate surface area is 199 Å². The number of piperidine rings is 1. The summed E-state index contributed by atoms with van der Waals surface area (Å²) in [6.45, 7) is 3.24. The molecule has 2 aliphatic rings. The third-order valence-corrected chi connectivity index (χ3v) is 6.52. The van der Waals surface area contributed by atoms with E-state index in [4.69, 9.17) is 15.9 Å². The second kappa shape index (κ2) is 9.65. The van der Waals surface area contributed by atoms with Crippen LogP contribution < -0.4 is 15.8 Å². The van der Waals surface area contributed by atoms with Crippen molar-refractivity contribution in [2.45, 2.75) is 31.8 Å². The van der Waals surface area contributed by atoms with Gasteiger partial charge in [-0.15, -0.1) is 0 Å². The number of carbonyl (C=O) groups excluding carboxylic acids is 1. The third kappa shape index (κ3) is 4.79. The van der Waals surface area contributed by atoms with Gasteiger partial charge in [-0.1, -0.05) is 6.07 Å². The molecule has 2 aliphatic heterocycles. The van der Waals surface area contributed by atoms with Crippen LogP contribution in [-0.2, 0) is 13.0 Å². The minimum atomic E-state index is -0.138. The smallest absolute Gasteiger partial charge is 0.251 e. The van der Waals surface area contributed by atoms with Crippen molar-refractivity contribution in [2.24, 2.45) is 0 Å². The number of amides is 1. The van der Waals surface area contributed by atoms with Crippen molar-refractivity contribution in [1.82, 2.24) is 15.2 Å². The van der Waals surface area contributed by atoms with Crippen molar-refractivity contribution in [3.8, 4) is 5.75 Å². The minimum absolute atomic E-state index is 0.0714. The molecule has 3 heterocycles. The largest absolute Gasteiger partial charge is 0.493 e. The summed E-state index contributed by atoms with van der Waals surface area (Å²) >= 11 is 0. The first-order chi connectivity index (χ1) is 16.6. The molecule has 0 saturated carbocycles. The Hall–Kier alpha value is -3.71. The van der Waals surface area contributed by atoms with E-state index in [9.17, 15) is 4.79 Å². The summed E-state index contributed by atoms with van der Waals surface area (Å²) in [6, 6.07) is 16.9. The lowest BCUT2D eigenvalue weighted by Crippen LogP contribution is -2.47. The number of likely N-dealkylation sites (tertiary alicyclic amines) is 1. The zero-order valence-electron chi connectivity index (χ0n) is 19.1. The Morgan fingerprint density at radius 3 is 2.91 bits per heavy atom. The van der Waals surface area contributed by atoms with Crippen LogP contribution >= 0.6 is 0 Å². The number of anilines is 1. The lowest BCUT2D eigenvalue weighted by molar-refractivity contribution is 0.0900. The zero-order chi connectivity index (χ0) is 23.5. The Kier molecular flexibility index (Phi) is 6.27. The van der Waals surface area contributed by atoms with Crippen LogP contribution in [0.15, 0.2) is 60.8 Å². The van der Waals surface area contributed by atoms with Crippen LogP contribution in [0.2, 0.25) is 0 Å². The summed E-state index contributed by atoms with van der Waals surface area (Å²) in [7, 11) is 0. The van der Waals surface area contributed by atoms with Crippen molar-refractivity contribution < 1.29 is 9.53 Å². The Morgan fingerprint density at radius 2 is 2.06 bits per heavy atom. The van der Waals surface area contributed by atoms with Gasteiger partial charge in [0.25, 0.3) is 5.91 Å². The van der Waals surface area contributed by atoms with Crippen LogP contribution in [-0.4, -0.2) is 47.2 Å². The normalized spacial score (nSPS) is 17.6. The predicted molar refractivity (Wildman–Crippen MR) is 132 cm³/mol. The molecule has 5 rings (SSSR count). The topological polar surface area (TPSA) is 104 Å². The van der Waals surface area contributed by atoms with Gasteiger partial charge in [-0.2, -0.15) is 0 Å². The van der Waals surface area contributed by atoms with E-state index in [0.717, 1.165) is 61.5 Å². The minimum Gasteiger partial charge on any atom is -0.493 e. The molecule has 1 fully saturated rings. The molecule has 0 unspecified atom stereocenters. The summed E-state index contributed by atoms with van der Waals surface area (Å²) in [5, 5.41) is 11.9. The van der Waals surface area contributed by atoms with Gasteiger partial charge in [-0.05, 0) is 73.5 Å². The average Bonchev–Trinajstić information content (AvgIpc) is 3.33. The number of nitrogens with two attached hydrogens (primary N) is 1. The highest BCUT2D eigenvalue weighted by molar-refractivity contribution is 6.15. The molecule has 0 radical (unpaired) electrons. The van der Waals surface area contributed by atoms with Crippen LogP contribution in [0.5, 0.6) is 5.75 Å². The molecule has 1 saturated heterocycles. The molecule has 1 atom stereocenters. The maximum atomic E-state index is 13.1. The lowest BCUT2D eigenvalue weighted by atomic mass is 9.96. The second-order valence-corrected chi connectivity index (χ2v) is 8.97. The highest BCUT2D eigenvalue weighted by Gasteiger charge is 2.23. The van der Waals surface area contributed by atoms with Gasteiger partial charge in [-0.3, -0.25) is 20.1 Å². The predicted octanol–water partition coefficient (Wildman–Crippen LogP) is 3.41. The number of aromatic nitrogens is 1. The first kappa shape index (κ1) is 22.1. The number of carbonyl (C=O) groups is 1. The van der Waals surface area contributed by atoms with Crippen LogP contribution in [0.3, 0.4) is 0 Å². The summed E-state index contributed by atoms with van der Waals surface area (Å²) in [6.07, 6.45) is 4.62. The second-order valence-electron chi connectivity index (χ2n) is 8.97. The number of nitrogens with zero attached hydrogens (tertiary/aromatic N) is 2. The molecule has 2 aromatic carbocycles. The maximum Gasteiger partial charge on any atom is 0.251 e. The van der Waals surface area contributed by atoms with E-state index in [0.29, 0.717) is 29.1 Å². The van der Waals surface area contributed by atoms with Crippen LogP contribution in [0, 0.1) is 5.41 Å². The quantitative estimate of drug-likeness (QED) is 0.390. The molecule has 3 aromatic rings. The first-order valence-corrected chi connectivity index (χ1v) is 11.7. The van der Waals surface area contributed by atoms with Crippen LogP contribution in [0.1, 0.15) is 45.6 Å². The van der Waals surface area contributed by atoms with E-state index < -0.39 is 0 Å². The zero-order valence-corrected chi connectivity index (χ0v) is 19.1. The highest BCUT2D eigenvalue weighted by atomic mass is 16.5. The summed E-state index contributed by atoms with van der Waals surface area (Å²) in [4.78, 5) is 19.8. The van der Waals surface area contributed by atoms with E-state index in [1.807, 2.05) is 42.6 Å². The number of hydrogen-bond acceptors (Lipinski definition) is 6. The van der Waals surface area contributed by atoms with Crippen molar-refractivity contribution >= 4 is 17.3 Å². The number of hydrogen-bond donors (Lipinski definition) is 3. The molecular formula is C27H29N5O2. The lowest BCUT2D eigenvalue weighted by Gasteiger charge is -2.33. The fraction of sp³-hybridized carbons (Fsp3) is 0.296. The number of pyridine rings is 1. The maximum absolute atomic E-state index is 13.1. The van der Waals surface area contributed by atoms with Gasteiger partial charge in [0, 0.05) is 54.1 Å². The van der Waals surface area contributed by atoms with Crippen molar-refractivity contribution in [2.75, 3.05) is 25.4 Å². The highest BCUT2D eigenvalue weighted by Crippen LogP contribution is 2.28. The SMILES string of the molecule is N=C(c1ccc2c(c1)CCO2)c1cc(C(=O)N[C@@H]2CCCN(Cc3ccccn3)C2)ccc1N. The van der Waals surface area contributed by atoms with Gasteiger partial charge in [0.15, 0.2) is 0 Å². The van der Waals surface area contributed by atoms with Gasteiger partial charge in [0.05, 0.1) is 18.0 Å². The number of nitrogen functional groups attached to an aromatic ring is 1. The summed E-state index contributed by atoms with van der Waals surface area (Å²) < 4.78 is 5.57. The number of rotatable bonds is 6. The molecule has 7 heteroatoms. The van der Waals surface area contributed by atoms with Crippen molar-refractivity contribution in [3.63, 3.8) is 0 Å². The molecule has 0 spiro atoms. The Morgan fingerprint density at radius 1 is 1.18 bits per heavy atom. The van der Waals surface area contributed by atoms with Gasteiger partial charge in [0.2, 0.25) is 0 Å². The monoisotopic (exact) mass is 455 g/mol. The van der Waals surface area contributed by atoms with E-state index in [1.165, 1.54) is 0 Å². The Bertz CT molecular complexity index is 1210. The van der Waals surface area contributed by atoms with E-state index >= 15 is 0 Å². The fourth-order valence-electron chi connectivity index (χ4n) is 4.72. The third-order valence-electron chi connectivity index (χ3n) is 6.52. The van der Waals surface area contributed by atoms with Gasteiger partial charge >= 0.3 is 0 Å². The molecule has 1 aromatic heterocycles. The van der Waals surface area contributed by atoms with E-state index in [2.05, 4.69) is 15.2 Å². The van der Waals surface area contributed by atoms with Crippen molar-refractivity contribution in [1.29, 1.82) is 5.41 Å². The molecular weight excluding hydrogens is 426 g/mol. The van der Waals surface area contributed by atoms with Crippen LogP contribution in [0.4, 0.5) is 5.69 Å². The summed E-state index contributed by atoms with van der Waals surface area (Å²) in [5.41, 5.74) is 11.0. The molecule has 1 amide bonds.